The van der Waals surface area contributed by atoms with E-state index in [1.165, 1.54) is 0 Å². The number of benzene rings is 1. The molecule has 0 radical (unpaired) electrons. The molecule has 3 nitrogen and oxygen atoms in total. The summed E-state index contributed by atoms with van der Waals surface area (Å²) in [6, 6.07) is 7.73. The normalized spacial score (nSPS) is 10.5. The molecule has 0 bridgehead atoms. The number of carbonyl (C=O) groups excluding carboxylic acids is 1. The molecule has 0 saturated carbocycles. The van der Waals surface area contributed by atoms with Gasteiger partial charge >= 0.3 is 0 Å². The summed E-state index contributed by atoms with van der Waals surface area (Å²) < 4.78 is 0. The molecule has 0 N–H and O–H groups in total. The highest BCUT2D eigenvalue weighted by Crippen LogP contribution is 2.16. The highest BCUT2D eigenvalue weighted by molar-refractivity contribution is 6.09. The van der Waals surface area contributed by atoms with Gasteiger partial charge in [0.2, 0.25) is 0 Å². The Labute approximate surface area is 113 Å². The lowest BCUT2D eigenvalue weighted by atomic mass is 9.98. The number of ketones is 1. The SMILES string of the molecule is CCc1nnc(C)cc1C(=O)c1cc(C)cc(C)c1. The number of aryl methyl sites for hydroxylation is 4. The summed E-state index contributed by atoms with van der Waals surface area (Å²) in [6.45, 7) is 7.84. The number of hydrogen-bond donors (Lipinski definition) is 0. The van der Waals surface area contributed by atoms with Crippen LogP contribution in [0.3, 0.4) is 0 Å². The van der Waals surface area contributed by atoms with Gasteiger partial charge in [-0.1, -0.05) is 24.1 Å². The Kier molecular flexibility index (Phi) is 3.74. The Balaban J connectivity index is 2.52. The smallest absolute Gasteiger partial charge is 0.195 e. The Bertz CT molecular complexity index is 612. The lowest BCUT2D eigenvalue weighted by molar-refractivity contribution is 0.103. The molecule has 2 aromatic rings. The van der Waals surface area contributed by atoms with E-state index in [9.17, 15) is 4.79 Å². The van der Waals surface area contributed by atoms with Crippen molar-refractivity contribution in [1.29, 1.82) is 0 Å². The van der Waals surface area contributed by atoms with Crippen molar-refractivity contribution in [2.75, 3.05) is 0 Å². The van der Waals surface area contributed by atoms with Crippen molar-refractivity contribution in [2.45, 2.75) is 34.1 Å². The average Bonchev–Trinajstić information content (AvgIpc) is 2.36. The molecule has 0 amide bonds. The molecule has 1 heterocycles. The van der Waals surface area contributed by atoms with Crippen LogP contribution in [-0.4, -0.2) is 16.0 Å². The van der Waals surface area contributed by atoms with Crippen LogP contribution in [0.5, 0.6) is 0 Å². The molecule has 0 saturated heterocycles. The summed E-state index contributed by atoms with van der Waals surface area (Å²) >= 11 is 0. The lowest BCUT2D eigenvalue weighted by Gasteiger charge is -2.08. The molecule has 0 fully saturated rings. The van der Waals surface area contributed by atoms with Crippen LogP contribution in [0.4, 0.5) is 0 Å². The number of rotatable bonds is 3. The summed E-state index contributed by atoms with van der Waals surface area (Å²) in [6.07, 6.45) is 0.707. The topological polar surface area (TPSA) is 42.9 Å². The fraction of sp³-hybridized carbons (Fsp3) is 0.312. The van der Waals surface area contributed by atoms with E-state index in [2.05, 4.69) is 16.3 Å². The molecule has 0 aliphatic rings. The highest BCUT2D eigenvalue weighted by atomic mass is 16.1. The third kappa shape index (κ3) is 2.87. The van der Waals surface area contributed by atoms with Gasteiger partial charge in [0, 0.05) is 11.1 Å². The minimum Gasteiger partial charge on any atom is -0.289 e. The van der Waals surface area contributed by atoms with Gasteiger partial charge in [-0.3, -0.25) is 4.79 Å². The summed E-state index contributed by atoms with van der Waals surface area (Å²) in [5.74, 6) is 0.0293. The molecule has 0 atom stereocenters. The maximum atomic E-state index is 12.6. The van der Waals surface area contributed by atoms with Gasteiger partial charge in [0.05, 0.1) is 11.4 Å². The molecule has 2 rings (SSSR count). The second-order valence-electron chi connectivity index (χ2n) is 4.91. The Morgan fingerprint density at radius 1 is 1.00 bits per heavy atom. The van der Waals surface area contributed by atoms with Gasteiger partial charge in [0.15, 0.2) is 5.78 Å². The first-order valence-corrected chi connectivity index (χ1v) is 6.47. The van der Waals surface area contributed by atoms with E-state index in [-0.39, 0.29) is 5.78 Å². The van der Waals surface area contributed by atoms with Crippen LogP contribution in [0.2, 0.25) is 0 Å². The fourth-order valence-corrected chi connectivity index (χ4v) is 2.23. The highest BCUT2D eigenvalue weighted by Gasteiger charge is 2.15. The van der Waals surface area contributed by atoms with Gasteiger partial charge < -0.3 is 0 Å². The number of nitrogens with zero attached hydrogens (tertiary/aromatic N) is 2. The Morgan fingerprint density at radius 2 is 1.63 bits per heavy atom. The van der Waals surface area contributed by atoms with Gasteiger partial charge in [0.25, 0.3) is 0 Å². The maximum absolute atomic E-state index is 12.6. The first kappa shape index (κ1) is 13.4. The molecule has 0 spiro atoms. The molecule has 3 heteroatoms. The maximum Gasteiger partial charge on any atom is 0.195 e. The van der Waals surface area contributed by atoms with Crippen molar-refractivity contribution in [3.63, 3.8) is 0 Å². The zero-order valence-corrected chi connectivity index (χ0v) is 11.8. The molecule has 1 aromatic heterocycles. The number of hydrogen-bond acceptors (Lipinski definition) is 3. The summed E-state index contributed by atoms with van der Waals surface area (Å²) in [5.41, 5.74) is 5.11. The molecule has 0 aliphatic carbocycles. The number of aromatic nitrogens is 2. The van der Waals surface area contributed by atoms with Gasteiger partial charge in [-0.2, -0.15) is 10.2 Å². The van der Waals surface area contributed by atoms with E-state index in [0.717, 1.165) is 28.1 Å². The molecule has 19 heavy (non-hydrogen) atoms. The van der Waals surface area contributed by atoms with Crippen molar-refractivity contribution in [1.82, 2.24) is 10.2 Å². The van der Waals surface area contributed by atoms with Crippen molar-refractivity contribution >= 4 is 5.78 Å². The van der Waals surface area contributed by atoms with Crippen LogP contribution in [0.25, 0.3) is 0 Å². The van der Waals surface area contributed by atoms with Crippen LogP contribution < -0.4 is 0 Å². The van der Waals surface area contributed by atoms with E-state index in [0.29, 0.717) is 12.0 Å². The van der Waals surface area contributed by atoms with E-state index < -0.39 is 0 Å². The van der Waals surface area contributed by atoms with Crippen LogP contribution in [0.15, 0.2) is 24.3 Å². The molecule has 98 valence electrons. The number of carbonyl (C=O) groups is 1. The van der Waals surface area contributed by atoms with Crippen LogP contribution in [-0.2, 0) is 6.42 Å². The third-order valence-corrected chi connectivity index (χ3v) is 3.06. The molecular weight excluding hydrogens is 236 g/mol. The predicted octanol–water partition coefficient (Wildman–Crippen LogP) is 3.20. The minimum absolute atomic E-state index is 0.0293. The van der Waals surface area contributed by atoms with E-state index >= 15 is 0 Å². The van der Waals surface area contributed by atoms with Gasteiger partial charge in [-0.05, 0) is 45.4 Å². The van der Waals surface area contributed by atoms with Crippen molar-refractivity contribution in [3.8, 4) is 0 Å². The molecule has 1 aromatic carbocycles. The Morgan fingerprint density at radius 3 is 2.21 bits per heavy atom. The largest absolute Gasteiger partial charge is 0.289 e. The van der Waals surface area contributed by atoms with Crippen molar-refractivity contribution in [2.24, 2.45) is 0 Å². The second kappa shape index (κ2) is 5.31. The monoisotopic (exact) mass is 254 g/mol. The van der Waals surface area contributed by atoms with E-state index in [1.807, 2.05) is 45.9 Å². The third-order valence-electron chi connectivity index (χ3n) is 3.06. The van der Waals surface area contributed by atoms with Crippen LogP contribution >= 0.6 is 0 Å². The summed E-state index contributed by atoms with van der Waals surface area (Å²) in [4.78, 5) is 12.6. The second-order valence-corrected chi connectivity index (χ2v) is 4.91. The van der Waals surface area contributed by atoms with Gasteiger partial charge in [0.1, 0.15) is 0 Å². The molecule has 0 aliphatic heterocycles. The molecule has 0 unspecified atom stereocenters. The zero-order valence-electron chi connectivity index (χ0n) is 11.8. The summed E-state index contributed by atoms with van der Waals surface area (Å²) in [5, 5.41) is 8.14. The van der Waals surface area contributed by atoms with Crippen LogP contribution in [0.1, 0.15) is 45.4 Å². The first-order valence-electron chi connectivity index (χ1n) is 6.47. The quantitative estimate of drug-likeness (QED) is 0.790. The zero-order chi connectivity index (χ0) is 14.0. The first-order chi connectivity index (χ1) is 9.01. The van der Waals surface area contributed by atoms with Crippen molar-refractivity contribution < 1.29 is 4.79 Å². The Hall–Kier alpha value is -2.03. The van der Waals surface area contributed by atoms with E-state index in [1.54, 1.807) is 0 Å². The minimum atomic E-state index is 0.0293. The van der Waals surface area contributed by atoms with Gasteiger partial charge in [-0.25, -0.2) is 0 Å². The van der Waals surface area contributed by atoms with Crippen LogP contribution in [0, 0.1) is 20.8 Å². The standard InChI is InChI=1S/C16H18N2O/c1-5-15-14(9-12(4)17-18-15)16(19)13-7-10(2)6-11(3)8-13/h6-9H,5H2,1-4H3. The molecular formula is C16H18N2O. The fourth-order valence-electron chi connectivity index (χ4n) is 2.23. The van der Waals surface area contributed by atoms with Gasteiger partial charge in [-0.15, -0.1) is 0 Å². The summed E-state index contributed by atoms with van der Waals surface area (Å²) in [7, 11) is 0. The van der Waals surface area contributed by atoms with Crippen molar-refractivity contribution in [3.05, 3.63) is 57.9 Å². The average molecular weight is 254 g/mol. The predicted molar refractivity (Wildman–Crippen MR) is 75.5 cm³/mol. The lowest BCUT2D eigenvalue weighted by Crippen LogP contribution is -2.09. The van der Waals surface area contributed by atoms with E-state index in [4.69, 9.17) is 0 Å².